The fraction of sp³-hybridized carbons (Fsp3) is 0.714. The van der Waals surface area contributed by atoms with Crippen LogP contribution in [-0.4, -0.2) is 6.04 Å². The van der Waals surface area contributed by atoms with Crippen molar-refractivity contribution in [2.24, 2.45) is 5.92 Å². The first-order valence-electron chi connectivity index (χ1n) is 6.66. The van der Waals surface area contributed by atoms with Crippen LogP contribution >= 0.6 is 22.9 Å². The first-order valence-corrected chi connectivity index (χ1v) is 7.85. The third kappa shape index (κ3) is 3.04. The molecule has 1 nitrogen and oxygen atoms in total. The quantitative estimate of drug-likeness (QED) is 0.829. The molecule has 1 aliphatic rings. The van der Waals surface area contributed by atoms with Crippen LogP contribution in [0, 0.1) is 5.92 Å². The summed E-state index contributed by atoms with van der Waals surface area (Å²) in [6.07, 6.45) is 4.95. The Morgan fingerprint density at radius 2 is 2.29 bits per heavy atom. The lowest BCUT2D eigenvalue weighted by molar-refractivity contribution is 0.326. The molecule has 1 aromatic heterocycles. The van der Waals surface area contributed by atoms with Gasteiger partial charge in [-0.15, -0.1) is 11.3 Å². The van der Waals surface area contributed by atoms with Gasteiger partial charge in [-0.05, 0) is 43.2 Å². The lowest BCUT2D eigenvalue weighted by Crippen LogP contribution is -2.37. The normalized spacial score (nSPS) is 21.6. The maximum atomic E-state index is 6.14. The van der Waals surface area contributed by atoms with Crippen molar-refractivity contribution < 1.29 is 0 Å². The van der Waals surface area contributed by atoms with Gasteiger partial charge in [0.2, 0.25) is 0 Å². The Morgan fingerprint density at radius 3 is 2.94 bits per heavy atom. The zero-order chi connectivity index (χ0) is 12.4. The van der Waals surface area contributed by atoms with E-state index >= 15 is 0 Å². The minimum Gasteiger partial charge on any atom is -0.307 e. The molecule has 1 aliphatic carbocycles. The van der Waals surface area contributed by atoms with Gasteiger partial charge in [-0.25, -0.2) is 0 Å². The van der Waals surface area contributed by atoms with Gasteiger partial charge in [0.1, 0.15) is 0 Å². The van der Waals surface area contributed by atoms with Crippen LogP contribution in [0.15, 0.2) is 6.07 Å². The summed E-state index contributed by atoms with van der Waals surface area (Å²) in [6.45, 7) is 6.86. The highest BCUT2D eigenvalue weighted by Gasteiger charge is 2.25. The third-order valence-electron chi connectivity index (χ3n) is 3.74. The molecule has 17 heavy (non-hydrogen) atoms. The van der Waals surface area contributed by atoms with Crippen LogP contribution in [0.4, 0.5) is 0 Å². The molecule has 2 rings (SSSR count). The summed E-state index contributed by atoms with van der Waals surface area (Å²) in [5, 5.41) is 3.82. The number of hydrogen-bond donors (Lipinski definition) is 1. The fourth-order valence-corrected chi connectivity index (χ4v) is 4.12. The van der Waals surface area contributed by atoms with Crippen LogP contribution < -0.4 is 5.32 Å². The molecule has 3 heteroatoms. The van der Waals surface area contributed by atoms with Gasteiger partial charge in [-0.3, -0.25) is 0 Å². The van der Waals surface area contributed by atoms with Gasteiger partial charge in [-0.2, -0.15) is 0 Å². The molecular weight excluding hydrogens is 250 g/mol. The Morgan fingerprint density at radius 1 is 1.53 bits per heavy atom. The molecule has 1 heterocycles. The second kappa shape index (κ2) is 5.73. The second-order valence-electron chi connectivity index (χ2n) is 5.30. The first-order chi connectivity index (χ1) is 8.11. The molecule has 0 aromatic carbocycles. The van der Waals surface area contributed by atoms with E-state index in [4.69, 9.17) is 11.6 Å². The number of thiophene rings is 1. The van der Waals surface area contributed by atoms with Gasteiger partial charge in [0, 0.05) is 17.0 Å². The van der Waals surface area contributed by atoms with Crippen LogP contribution in [-0.2, 0) is 6.42 Å². The summed E-state index contributed by atoms with van der Waals surface area (Å²) in [7, 11) is 0. The van der Waals surface area contributed by atoms with Crippen LogP contribution in [0.1, 0.15) is 56.5 Å². The van der Waals surface area contributed by atoms with E-state index < -0.39 is 0 Å². The van der Waals surface area contributed by atoms with Gasteiger partial charge in [0.15, 0.2) is 0 Å². The van der Waals surface area contributed by atoms with Crippen molar-refractivity contribution in [3.05, 3.63) is 20.8 Å². The monoisotopic (exact) mass is 271 g/mol. The minimum absolute atomic E-state index is 0.523. The van der Waals surface area contributed by atoms with E-state index in [1.807, 2.05) is 0 Å². The highest BCUT2D eigenvalue weighted by atomic mass is 35.5. The maximum absolute atomic E-state index is 6.14. The number of nitrogens with one attached hydrogen (secondary N) is 1. The van der Waals surface area contributed by atoms with Crippen molar-refractivity contribution in [2.45, 2.75) is 58.5 Å². The molecule has 0 radical (unpaired) electrons. The van der Waals surface area contributed by atoms with E-state index in [9.17, 15) is 0 Å². The molecule has 0 saturated heterocycles. The maximum Gasteiger partial charge on any atom is 0.0934 e. The van der Waals surface area contributed by atoms with Crippen LogP contribution in [0.5, 0.6) is 0 Å². The van der Waals surface area contributed by atoms with Gasteiger partial charge in [0.25, 0.3) is 0 Å². The predicted octanol–water partition coefficient (Wildman–Crippen LogP) is 4.80. The molecular formula is C14H22ClNS. The van der Waals surface area contributed by atoms with Gasteiger partial charge in [0.05, 0.1) is 4.34 Å². The van der Waals surface area contributed by atoms with Gasteiger partial charge in [-0.1, -0.05) is 32.4 Å². The zero-order valence-corrected chi connectivity index (χ0v) is 12.5. The van der Waals surface area contributed by atoms with Crippen molar-refractivity contribution >= 4 is 22.9 Å². The Balaban J connectivity index is 2.12. The summed E-state index contributed by atoms with van der Waals surface area (Å²) in [5.41, 5.74) is 1.46. The zero-order valence-electron chi connectivity index (χ0n) is 10.9. The molecule has 0 aliphatic heterocycles. The van der Waals surface area contributed by atoms with Crippen molar-refractivity contribution in [1.29, 1.82) is 0 Å². The predicted molar refractivity (Wildman–Crippen MR) is 77.1 cm³/mol. The van der Waals surface area contributed by atoms with Crippen molar-refractivity contribution in [2.75, 3.05) is 0 Å². The Hall–Kier alpha value is -0.0500. The van der Waals surface area contributed by atoms with E-state index in [2.05, 4.69) is 32.2 Å². The molecule has 0 bridgehead atoms. The summed E-state index contributed by atoms with van der Waals surface area (Å²) in [6, 6.07) is 3.31. The molecule has 96 valence electrons. The smallest absolute Gasteiger partial charge is 0.0934 e. The average molecular weight is 272 g/mol. The number of rotatable bonds is 4. The third-order valence-corrected chi connectivity index (χ3v) is 5.08. The molecule has 1 N–H and O–H groups in total. The highest BCUT2D eigenvalue weighted by molar-refractivity contribution is 7.16. The summed E-state index contributed by atoms with van der Waals surface area (Å²) >= 11 is 7.90. The van der Waals surface area contributed by atoms with E-state index in [0.717, 1.165) is 4.34 Å². The first kappa shape index (κ1) is 13.4. The van der Waals surface area contributed by atoms with Crippen molar-refractivity contribution in [1.82, 2.24) is 5.32 Å². The number of halogens is 1. The second-order valence-corrected chi connectivity index (χ2v) is 7.07. The van der Waals surface area contributed by atoms with E-state index in [-0.39, 0.29) is 0 Å². The average Bonchev–Trinajstić information content (AvgIpc) is 2.66. The summed E-state index contributed by atoms with van der Waals surface area (Å²) in [5.74, 6) is 0.694. The molecule has 0 amide bonds. The standard InChI is InChI=1S/C14H22ClNS/c1-4-11(9(2)3)16-12-6-5-7-13-10(12)8-14(15)17-13/h8-9,11-12,16H,4-7H2,1-3H3. The van der Waals surface area contributed by atoms with E-state index in [1.165, 1.54) is 36.1 Å². The summed E-state index contributed by atoms with van der Waals surface area (Å²) < 4.78 is 0.946. The fourth-order valence-electron chi connectivity index (χ4n) is 2.73. The largest absolute Gasteiger partial charge is 0.307 e. The van der Waals surface area contributed by atoms with Crippen molar-refractivity contribution in [3.8, 4) is 0 Å². The molecule has 1 aromatic rings. The lowest BCUT2D eigenvalue weighted by Gasteiger charge is -2.30. The van der Waals surface area contributed by atoms with Gasteiger partial charge >= 0.3 is 0 Å². The lowest BCUT2D eigenvalue weighted by atomic mass is 9.91. The number of aryl methyl sites for hydroxylation is 1. The van der Waals surface area contributed by atoms with Crippen LogP contribution in [0.3, 0.4) is 0 Å². The van der Waals surface area contributed by atoms with Crippen LogP contribution in [0.25, 0.3) is 0 Å². The Kier molecular flexibility index (Phi) is 4.51. The van der Waals surface area contributed by atoms with E-state index in [1.54, 1.807) is 11.3 Å². The van der Waals surface area contributed by atoms with E-state index in [0.29, 0.717) is 18.0 Å². The molecule has 0 saturated carbocycles. The minimum atomic E-state index is 0.523. The molecule has 2 atom stereocenters. The SMILES string of the molecule is CCC(NC1CCCc2sc(Cl)cc21)C(C)C. The van der Waals surface area contributed by atoms with Gasteiger partial charge < -0.3 is 5.32 Å². The van der Waals surface area contributed by atoms with Crippen LogP contribution in [0.2, 0.25) is 4.34 Å². The number of hydrogen-bond acceptors (Lipinski definition) is 2. The highest BCUT2D eigenvalue weighted by Crippen LogP contribution is 2.38. The Bertz CT molecular complexity index is 372. The molecule has 0 fully saturated rings. The Labute approximate surface area is 114 Å². The van der Waals surface area contributed by atoms with Crippen molar-refractivity contribution in [3.63, 3.8) is 0 Å². The topological polar surface area (TPSA) is 12.0 Å². The molecule has 2 unspecified atom stereocenters. The summed E-state index contributed by atoms with van der Waals surface area (Å²) in [4.78, 5) is 1.50. The molecule has 0 spiro atoms. The number of fused-ring (bicyclic) bond motifs is 1.